The Kier molecular flexibility index (Phi) is 6.83. The van der Waals surface area contributed by atoms with Gasteiger partial charge in [-0.1, -0.05) is 47.2 Å². The molecule has 32 heavy (non-hydrogen) atoms. The number of thiazole rings is 1. The summed E-state index contributed by atoms with van der Waals surface area (Å²) in [4.78, 5) is 23.9. The molecule has 2 aromatic heterocycles. The Bertz CT molecular complexity index is 1330. The minimum absolute atomic E-state index is 0.0789. The number of amides is 1. The molecule has 9 heteroatoms. The normalized spacial score (nSPS) is 11.5. The van der Waals surface area contributed by atoms with Crippen LogP contribution < -0.4 is 4.90 Å². The smallest absolute Gasteiger partial charge is 0.229 e. The van der Waals surface area contributed by atoms with Gasteiger partial charge >= 0.3 is 0 Å². The van der Waals surface area contributed by atoms with Crippen molar-refractivity contribution in [2.75, 3.05) is 10.7 Å². The largest absolute Gasteiger partial charge is 0.282 e. The second-order valence-electron chi connectivity index (χ2n) is 7.14. The second kappa shape index (κ2) is 9.77. The number of hydrogen-bond donors (Lipinski definition) is 0. The number of rotatable bonds is 8. The molecule has 6 nitrogen and oxygen atoms in total. The summed E-state index contributed by atoms with van der Waals surface area (Å²) < 4.78 is 25.9. The number of nitrogens with zero attached hydrogens (tertiary/aromatic N) is 3. The number of hydrogen-bond acceptors (Lipinski definition) is 6. The molecule has 2 heterocycles. The Balaban J connectivity index is 1.53. The van der Waals surface area contributed by atoms with E-state index < -0.39 is 9.84 Å². The van der Waals surface area contributed by atoms with Gasteiger partial charge in [-0.3, -0.25) is 14.7 Å². The van der Waals surface area contributed by atoms with Gasteiger partial charge in [-0.2, -0.15) is 0 Å². The van der Waals surface area contributed by atoms with Crippen molar-refractivity contribution in [2.24, 2.45) is 0 Å². The number of carbonyl (C=O) groups excluding carboxylic acids is 1. The van der Waals surface area contributed by atoms with E-state index in [0.29, 0.717) is 10.2 Å². The number of carbonyl (C=O) groups is 1. The van der Waals surface area contributed by atoms with Crippen molar-refractivity contribution in [2.45, 2.75) is 24.3 Å². The Morgan fingerprint density at radius 2 is 1.81 bits per heavy atom. The van der Waals surface area contributed by atoms with E-state index >= 15 is 0 Å². The number of anilines is 1. The van der Waals surface area contributed by atoms with Gasteiger partial charge in [0, 0.05) is 17.6 Å². The van der Waals surface area contributed by atoms with Crippen molar-refractivity contribution in [3.63, 3.8) is 0 Å². The predicted molar refractivity (Wildman–Crippen MR) is 128 cm³/mol. The van der Waals surface area contributed by atoms with Crippen LogP contribution in [-0.4, -0.2) is 30.0 Å². The molecular weight excluding hydrogens is 466 g/mol. The zero-order chi connectivity index (χ0) is 22.6. The third kappa shape index (κ3) is 5.32. The van der Waals surface area contributed by atoms with Crippen LogP contribution in [0.1, 0.15) is 18.5 Å². The summed E-state index contributed by atoms with van der Waals surface area (Å²) in [6.45, 7) is 0.249. The monoisotopic (exact) mass is 485 g/mol. The Morgan fingerprint density at radius 3 is 2.56 bits per heavy atom. The van der Waals surface area contributed by atoms with E-state index in [-0.39, 0.29) is 35.9 Å². The molecule has 0 unspecified atom stereocenters. The van der Waals surface area contributed by atoms with E-state index in [1.54, 1.807) is 47.5 Å². The van der Waals surface area contributed by atoms with E-state index in [4.69, 9.17) is 11.6 Å². The van der Waals surface area contributed by atoms with Crippen molar-refractivity contribution in [3.05, 3.63) is 83.6 Å². The molecule has 0 bridgehead atoms. The van der Waals surface area contributed by atoms with Crippen LogP contribution in [0.3, 0.4) is 0 Å². The third-order valence-electron chi connectivity index (χ3n) is 4.82. The number of halogens is 1. The fourth-order valence-electron chi connectivity index (χ4n) is 3.21. The van der Waals surface area contributed by atoms with Crippen LogP contribution in [0.2, 0.25) is 5.02 Å². The highest BCUT2D eigenvalue weighted by Crippen LogP contribution is 2.32. The molecule has 4 aromatic rings. The van der Waals surface area contributed by atoms with Gasteiger partial charge in [0.1, 0.15) is 0 Å². The predicted octanol–water partition coefficient (Wildman–Crippen LogP) is 5.13. The second-order valence-corrected chi connectivity index (χ2v) is 10.7. The average molecular weight is 486 g/mol. The van der Waals surface area contributed by atoms with Gasteiger partial charge < -0.3 is 0 Å². The van der Waals surface area contributed by atoms with Crippen molar-refractivity contribution < 1.29 is 13.2 Å². The van der Waals surface area contributed by atoms with Gasteiger partial charge in [0.15, 0.2) is 15.0 Å². The third-order valence-corrected chi connectivity index (χ3v) is 7.92. The molecule has 0 atom stereocenters. The molecule has 0 saturated carbocycles. The summed E-state index contributed by atoms with van der Waals surface area (Å²) in [6, 6.07) is 19.2. The van der Waals surface area contributed by atoms with E-state index in [2.05, 4.69) is 9.97 Å². The highest BCUT2D eigenvalue weighted by molar-refractivity contribution is 7.91. The Labute approximate surface area is 195 Å². The Morgan fingerprint density at radius 1 is 1.03 bits per heavy atom. The van der Waals surface area contributed by atoms with Crippen molar-refractivity contribution >= 4 is 54.0 Å². The van der Waals surface area contributed by atoms with Crippen LogP contribution in [0.25, 0.3) is 10.2 Å². The molecule has 0 spiro atoms. The lowest BCUT2D eigenvalue weighted by molar-refractivity contribution is -0.118. The molecule has 0 aliphatic rings. The number of sulfone groups is 1. The molecule has 1 amide bonds. The molecular formula is C23H20ClN3O3S2. The zero-order valence-electron chi connectivity index (χ0n) is 17.0. The number of aromatic nitrogens is 2. The molecule has 0 N–H and O–H groups in total. The van der Waals surface area contributed by atoms with Crippen LogP contribution in [0.4, 0.5) is 5.13 Å². The quantitative estimate of drug-likeness (QED) is 0.345. The van der Waals surface area contributed by atoms with E-state index in [9.17, 15) is 13.2 Å². The lowest BCUT2D eigenvalue weighted by Gasteiger charge is -2.19. The first-order valence-electron chi connectivity index (χ1n) is 9.96. The maximum absolute atomic E-state index is 13.2. The molecule has 0 aliphatic carbocycles. The van der Waals surface area contributed by atoms with Crippen LogP contribution in [0, 0.1) is 0 Å². The van der Waals surface area contributed by atoms with Crippen LogP contribution in [-0.2, 0) is 21.2 Å². The fourth-order valence-corrected chi connectivity index (χ4v) is 5.80. The minimum atomic E-state index is -3.44. The lowest BCUT2D eigenvalue weighted by atomic mass is 10.2. The summed E-state index contributed by atoms with van der Waals surface area (Å²) >= 11 is 7.46. The summed E-state index contributed by atoms with van der Waals surface area (Å²) in [7, 11) is -3.44. The summed E-state index contributed by atoms with van der Waals surface area (Å²) in [5, 5.41) is 1.13. The van der Waals surface area contributed by atoms with Gasteiger partial charge in [-0.25, -0.2) is 13.4 Å². The number of fused-ring (bicyclic) bond motifs is 1. The molecule has 2 aromatic carbocycles. The molecule has 0 fully saturated rings. The van der Waals surface area contributed by atoms with Crippen LogP contribution >= 0.6 is 22.9 Å². The highest BCUT2D eigenvalue weighted by atomic mass is 35.5. The van der Waals surface area contributed by atoms with Gasteiger partial charge in [-0.15, -0.1) is 0 Å². The first-order valence-corrected chi connectivity index (χ1v) is 12.8. The Hall–Kier alpha value is -2.81. The van der Waals surface area contributed by atoms with E-state index in [1.807, 2.05) is 30.3 Å². The first kappa shape index (κ1) is 22.4. The molecule has 0 aliphatic heterocycles. The van der Waals surface area contributed by atoms with Crippen molar-refractivity contribution in [3.8, 4) is 0 Å². The first-order chi connectivity index (χ1) is 15.4. The molecule has 4 rings (SSSR count). The van der Waals surface area contributed by atoms with Crippen molar-refractivity contribution in [1.29, 1.82) is 0 Å². The topological polar surface area (TPSA) is 80.2 Å². The van der Waals surface area contributed by atoms with Gasteiger partial charge in [0.25, 0.3) is 0 Å². The number of benzene rings is 2. The van der Waals surface area contributed by atoms with E-state index in [1.165, 1.54) is 11.3 Å². The SMILES string of the molecule is O=C(CCCS(=O)(=O)c1ccccc1)N(Cc1ccccn1)c1nc2ccc(Cl)cc2s1. The number of pyridine rings is 1. The molecule has 0 radical (unpaired) electrons. The van der Waals surface area contributed by atoms with Gasteiger partial charge in [-0.05, 0) is 48.9 Å². The summed E-state index contributed by atoms with van der Waals surface area (Å²) in [5.41, 5.74) is 1.47. The van der Waals surface area contributed by atoms with Gasteiger partial charge in [0.2, 0.25) is 5.91 Å². The minimum Gasteiger partial charge on any atom is -0.282 e. The maximum Gasteiger partial charge on any atom is 0.229 e. The fraction of sp³-hybridized carbons (Fsp3) is 0.174. The highest BCUT2D eigenvalue weighted by Gasteiger charge is 2.22. The van der Waals surface area contributed by atoms with E-state index in [0.717, 1.165) is 15.9 Å². The lowest BCUT2D eigenvalue weighted by Crippen LogP contribution is -2.30. The van der Waals surface area contributed by atoms with Gasteiger partial charge in [0.05, 0.1) is 33.1 Å². The summed E-state index contributed by atoms with van der Waals surface area (Å²) in [6.07, 6.45) is 1.96. The van der Waals surface area contributed by atoms with Crippen LogP contribution in [0.5, 0.6) is 0 Å². The standard InChI is InChI=1S/C23H20ClN3O3S2/c24-17-11-12-20-21(15-17)31-23(26-20)27(16-18-7-4-5-13-25-18)22(28)10-6-14-32(29,30)19-8-2-1-3-9-19/h1-5,7-9,11-13,15H,6,10,14,16H2. The molecule has 164 valence electrons. The molecule has 0 saturated heterocycles. The van der Waals surface area contributed by atoms with Crippen LogP contribution in [0.15, 0.2) is 77.8 Å². The van der Waals surface area contributed by atoms with Crippen molar-refractivity contribution in [1.82, 2.24) is 9.97 Å². The zero-order valence-corrected chi connectivity index (χ0v) is 19.4. The maximum atomic E-state index is 13.2. The average Bonchev–Trinajstić information content (AvgIpc) is 3.21. The summed E-state index contributed by atoms with van der Waals surface area (Å²) in [5.74, 6) is -0.306.